The zero-order valence-electron chi connectivity index (χ0n) is 29.8. The maximum atomic E-state index is 11.1. The van der Waals surface area contributed by atoms with Crippen molar-refractivity contribution in [3.05, 3.63) is 0 Å². The lowest BCUT2D eigenvalue weighted by Crippen LogP contribution is -2.32. The zero-order valence-corrected chi connectivity index (χ0v) is 29.8. The number of carbonyl (C=O) groups excluding carboxylic acids is 6. The first-order valence-electron chi connectivity index (χ1n) is 16.7. The first-order chi connectivity index (χ1) is 21.3. The molecule has 0 aliphatic heterocycles. The van der Waals surface area contributed by atoms with Crippen LogP contribution in [0.5, 0.6) is 0 Å². The Morgan fingerprint density at radius 2 is 0.644 bits per heavy atom. The van der Waals surface area contributed by atoms with Crippen molar-refractivity contribution < 1.29 is 28.8 Å². The summed E-state index contributed by atoms with van der Waals surface area (Å²) in [7, 11) is 5.39. The number of nitrogens with one attached hydrogen (secondary N) is 6. The SMILES string of the molecule is CCC(=O)NCCCC[C@H](NC)C(C)=O.CCC(=O)NCCCC[C@H](NC)C(C)=O.CCC(=O)NCCCC[C@H](NC)C(C)=O. The Morgan fingerprint density at radius 3 is 0.800 bits per heavy atom. The van der Waals surface area contributed by atoms with Crippen LogP contribution in [0.2, 0.25) is 0 Å². The van der Waals surface area contributed by atoms with Crippen molar-refractivity contribution in [2.45, 2.75) is 137 Å². The van der Waals surface area contributed by atoms with Gasteiger partial charge in [-0.15, -0.1) is 0 Å². The Balaban J connectivity index is -0.000000588. The Hall–Kier alpha value is -2.70. The molecule has 6 N–H and O–H groups in total. The summed E-state index contributed by atoms with van der Waals surface area (Å²) in [6.45, 7) is 12.4. The predicted octanol–water partition coefficient (Wildman–Crippen LogP) is 2.58. The third kappa shape index (κ3) is 31.1. The van der Waals surface area contributed by atoms with Gasteiger partial charge >= 0.3 is 0 Å². The molecule has 3 atom stereocenters. The smallest absolute Gasteiger partial charge is 0.219 e. The molecule has 0 aromatic carbocycles. The summed E-state index contributed by atoms with van der Waals surface area (Å²) in [6, 6.07) is -0.106. The molecule has 264 valence electrons. The van der Waals surface area contributed by atoms with Crippen LogP contribution in [0.3, 0.4) is 0 Å². The number of carbonyl (C=O) groups is 6. The van der Waals surface area contributed by atoms with Crippen LogP contribution in [0.15, 0.2) is 0 Å². The van der Waals surface area contributed by atoms with Gasteiger partial charge in [0.15, 0.2) is 0 Å². The summed E-state index contributed by atoms with van der Waals surface area (Å²) in [5.41, 5.74) is 0. The average molecular weight is 643 g/mol. The number of likely N-dealkylation sites (N-methyl/N-ethyl adjacent to an activating group) is 3. The molecule has 12 nitrogen and oxygen atoms in total. The van der Waals surface area contributed by atoms with Crippen LogP contribution in [0.1, 0.15) is 119 Å². The second-order valence-corrected chi connectivity index (χ2v) is 11.0. The van der Waals surface area contributed by atoms with E-state index in [1.54, 1.807) is 41.9 Å². The van der Waals surface area contributed by atoms with Crippen LogP contribution in [0.4, 0.5) is 0 Å². The molecule has 12 heteroatoms. The molecule has 0 aliphatic rings. The number of amides is 3. The Bertz CT molecular complexity index is 719. The fraction of sp³-hybridized carbons (Fsp3) is 0.818. The number of Topliss-reactive ketones (excluding diaryl/α,β-unsaturated/α-hetero) is 3. The summed E-state index contributed by atoms with van der Waals surface area (Å²) in [6.07, 6.45) is 9.77. The molecule has 0 unspecified atom stereocenters. The van der Waals surface area contributed by atoms with E-state index >= 15 is 0 Å². The molecule has 0 fully saturated rings. The van der Waals surface area contributed by atoms with Gasteiger partial charge in [-0.25, -0.2) is 0 Å². The predicted molar refractivity (Wildman–Crippen MR) is 182 cm³/mol. The number of ketones is 3. The average Bonchev–Trinajstić information content (AvgIpc) is 3.01. The van der Waals surface area contributed by atoms with Gasteiger partial charge in [0, 0.05) is 38.9 Å². The highest BCUT2D eigenvalue weighted by Gasteiger charge is 2.12. The number of rotatable bonds is 24. The summed E-state index contributed by atoms with van der Waals surface area (Å²) < 4.78 is 0. The minimum absolute atomic E-state index is 0.0353. The van der Waals surface area contributed by atoms with Crippen LogP contribution in [-0.2, 0) is 28.8 Å². The fourth-order valence-corrected chi connectivity index (χ4v) is 4.13. The maximum Gasteiger partial charge on any atom is 0.219 e. The molecular formula is C33H66N6O6. The molecule has 0 spiro atoms. The van der Waals surface area contributed by atoms with Crippen molar-refractivity contribution in [1.82, 2.24) is 31.9 Å². The van der Waals surface area contributed by atoms with Gasteiger partial charge in [-0.2, -0.15) is 0 Å². The quantitative estimate of drug-likeness (QED) is 0.0865. The van der Waals surface area contributed by atoms with Crippen LogP contribution >= 0.6 is 0 Å². The second kappa shape index (κ2) is 32.7. The number of hydrogen-bond donors (Lipinski definition) is 6. The van der Waals surface area contributed by atoms with Crippen molar-refractivity contribution >= 4 is 35.1 Å². The van der Waals surface area contributed by atoms with Crippen LogP contribution in [0.25, 0.3) is 0 Å². The third-order valence-corrected chi connectivity index (χ3v) is 7.21. The molecule has 0 saturated heterocycles. The van der Waals surface area contributed by atoms with Crippen molar-refractivity contribution in [1.29, 1.82) is 0 Å². The van der Waals surface area contributed by atoms with E-state index < -0.39 is 0 Å². The third-order valence-electron chi connectivity index (χ3n) is 7.21. The minimum Gasteiger partial charge on any atom is -0.356 e. The Morgan fingerprint density at radius 1 is 0.422 bits per heavy atom. The first kappa shape index (κ1) is 46.7. The molecule has 0 aromatic heterocycles. The zero-order chi connectivity index (χ0) is 35.0. The number of unbranched alkanes of at least 4 members (excludes halogenated alkanes) is 3. The van der Waals surface area contributed by atoms with Gasteiger partial charge < -0.3 is 31.9 Å². The van der Waals surface area contributed by atoms with Crippen LogP contribution in [0, 0.1) is 0 Å². The highest BCUT2D eigenvalue weighted by molar-refractivity contribution is 5.82. The van der Waals surface area contributed by atoms with E-state index in [9.17, 15) is 28.8 Å². The van der Waals surface area contributed by atoms with E-state index in [4.69, 9.17) is 0 Å². The fourth-order valence-electron chi connectivity index (χ4n) is 4.13. The Labute approximate surface area is 273 Å². The molecule has 0 bridgehead atoms. The molecular weight excluding hydrogens is 576 g/mol. The molecule has 0 heterocycles. The van der Waals surface area contributed by atoms with Gasteiger partial charge in [0.05, 0.1) is 18.1 Å². The van der Waals surface area contributed by atoms with Gasteiger partial charge in [0.1, 0.15) is 17.3 Å². The molecule has 45 heavy (non-hydrogen) atoms. The van der Waals surface area contributed by atoms with Crippen molar-refractivity contribution in [3.63, 3.8) is 0 Å². The van der Waals surface area contributed by atoms with E-state index in [2.05, 4.69) is 31.9 Å². The number of hydrogen-bond acceptors (Lipinski definition) is 9. The lowest BCUT2D eigenvalue weighted by Gasteiger charge is -2.12. The molecule has 0 radical (unpaired) electrons. The Kier molecular flexibility index (Phi) is 33.9. The van der Waals surface area contributed by atoms with Crippen molar-refractivity contribution in [3.8, 4) is 0 Å². The normalized spacial score (nSPS) is 12.2. The first-order valence-corrected chi connectivity index (χ1v) is 16.7. The topological polar surface area (TPSA) is 175 Å². The summed E-state index contributed by atoms with van der Waals surface area (Å²) in [5, 5.41) is 17.4. The molecule has 0 aliphatic carbocycles. The summed E-state index contributed by atoms with van der Waals surface area (Å²) >= 11 is 0. The van der Waals surface area contributed by atoms with Gasteiger partial charge in [-0.05, 0) is 99.7 Å². The lowest BCUT2D eigenvalue weighted by atomic mass is 10.1. The maximum absolute atomic E-state index is 11.1. The largest absolute Gasteiger partial charge is 0.356 e. The summed E-state index contributed by atoms with van der Waals surface area (Å²) in [4.78, 5) is 65.9. The monoisotopic (exact) mass is 643 g/mol. The van der Waals surface area contributed by atoms with Gasteiger partial charge in [0.2, 0.25) is 17.7 Å². The molecule has 0 rings (SSSR count). The second-order valence-electron chi connectivity index (χ2n) is 11.0. The molecule has 0 aromatic rings. The van der Waals surface area contributed by atoms with Gasteiger partial charge in [0.25, 0.3) is 0 Å². The molecule has 3 amide bonds. The van der Waals surface area contributed by atoms with E-state index in [1.165, 1.54) is 0 Å². The van der Waals surface area contributed by atoms with Crippen molar-refractivity contribution in [2.75, 3.05) is 40.8 Å². The van der Waals surface area contributed by atoms with Gasteiger partial charge in [-0.3, -0.25) is 28.8 Å². The van der Waals surface area contributed by atoms with Crippen molar-refractivity contribution in [2.24, 2.45) is 0 Å². The lowest BCUT2D eigenvalue weighted by molar-refractivity contribution is -0.121. The highest BCUT2D eigenvalue weighted by Crippen LogP contribution is 2.03. The van der Waals surface area contributed by atoms with Crippen LogP contribution < -0.4 is 31.9 Å². The highest BCUT2D eigenvalue weighted by atomic mass is 16.2. The minimum atomic E-state index is -0.0353. The van der Waals surface area contributed by atoms with Crippen LogP contribution in [-0.4, -0.2) is 94.0 Å². The van der Waals surface area contributed by atoms with E-state index in [-0.39, 0.29) is 53.2 Å². The molecule has 0 saturated carbocycles. The van der Waals surface area contributed by atoms with Gasteiger partial charge in [-0.1, -0.05) is 20.8 Å². The van der Waals surface area contributed by atoms with E-state index in [1.807, 2.05) is 20.8 Å². The van der Waals surface area contributed by atoms with E-state index in [0.717, 1.165) is 57.8 Å². The van der Waals surface area contributed by atoms with E-state index in [0.29, 0.717) is 38.9 Å². The summed E-state index contributed by atoms with van der Waals surface area (Å²) in [5.74, 6) is 0.797. The standard InChI is InChI=1S/3C11H22N2O2/c3*1-4-11(15)13-8-6-5-7-10(12-3)9(2)14/h3*10,12H,4-8H2,1-3H3,(H,13,15)/t3*10-/m000/s1.